The Morgan fingerprint density at radius 3 is 2.59 bits per heavy atom. The van der Waals surface area contributed by atoms with E-state index in [4.69, 9.17) is 9.47 Å². The summed E-state index contributed by atoms with van der Waals surface area (Å²) in [5, 5.41) is 3.66. The summed E-state index contributed by atoms with van der Waals surface area (Å²) in [5.41, 5.74) is 2.42. The smallest absolute Gasteiger partial charge is 0.410 e. The van der Waals surface area contributed by atoms with Crippen molar-refractivity contribution in [1.82, 2.24) is 9.88 Å². The second-order valence-electron chi connectivity index (χ2n) is 11.5. The average molecular weight is 556 g/mol. The summed E-state index contributed by atoms with van der Waals surface area (Å²) in [6.45, 7) is 5.61. The number of hydrogen-bond donors (Lipinski definition) is 2. The Morgan fingerprint density at radius 2 is 1.83 bits per heavy atom. The Balaban J connectivity index is 1.49. The number of carbonyl (C=O) groups is 3. The largest absolute Gasteiger partial charge is 0.465 e. The van der Waals surface area contributed by atoms with Gasteiger partial charge in [0.25, 0.3) is 0 Å². The molecule has 3 aromatic carbocycles. The van der Waals surface area contributed by atoms with Crippen LogP contribution in [-0.4, -0.2) is 47.1 Å². The van der Waals surface area contributed by atoms with E-state index in [-0.39, 0.29) is 12.5 Å². The number of benzene rings is 3. The molecule has 1 spiro atoms. The summed E-state index contributed by atoms with van der Waals surface area (Å²) < 4.78 is 26.0. The molecule has 2 atom stereocenters. The molecule has 0 bridgehead atoms. The normalized spacial score (nSPS) is 19.9. The van der Waals surface area contributed by atoms with Crippen LogP contribution >= 0.6 is 0 Å². The van der Waals surface area contributed by atoms with E-state index in [0.29, 0.717) is 45.3 Å². The maximum absolute atomic E-state index is 15.4. The average Bonchev–Trinajstić information content (AvgIpc) is 3.61. The molecular formula is C32H30FN3O5. The lowest BCUT2D eigenvalue weighted by Crippen LogP contribution is -2.44. The molecule has 1 saturated heterocycles. The number of nitrogens with one attached hydrogen (secondary N) is 2. The standard InChI is InChI=1S/C32H30FN3O5/c1-31(2,3)41-30(39)36-12-11-32(24-7-5-6-8-25(24)35-29(32)38)27(36)20-13-19(14-21(33)15-20)18-9-10-22-23(28(37)40-4)17-34-26(22)16-18/h5-10,13-17,27,34H,11-12H2,1-4H3,(H,35,38)/t27-,32-/m1/s1. The van der Waals surface area contributed by atoms with Crippen LogP contribution in [0.5, 0.6) is 0 Å². The first kappa shape index (κ1) is 26.6. The van der Waals surface area contributed by atoms with E-state index in [9.17, 15) is 14.4 Å². The Kier molecular flexibility index (Phi) is 6.13. The molecule has 9 heteroatoms. The van der Waals surface area contributed by atoms with E-state index in [1.807, 2.05) is 36.4 Å². The number of ether oxygens (including phenoxy) is 2. The topological polar surface area (TPSA) is 101 Å². The Labute approximate surface area is 236 Å². The number of fused-ring (bicyclic) bond motifs is 3. The lowest BCUT2D eigenvalue weighted by atomic mass is 9.72. The van der Waals surface area contributed by atoms with Gasteiger partial charge in [0.15, 0.2) is 0 Å². The van der Waals surface area contributed by atoms with Crippen molar-refractivity contribution in [2.45, 2.75) is 44.2 Å². The van der Waals surface area contributed by atoms with Gasteiger partial charge in [0.05, 0.1) is 18.7 Å². The molecule has 2 aliphatic heterocycles. The molecule has 1 fully saturated rings. The van der Waals surface area contributed by atoms with Crippen molar-refractivity contribution in [3.63, 3.8) is 0 Å². The lowest BCUT2D eigenvalue weighted by Gasteiger charge is -2.35. The summed E-state index contributed by atoms with van der Waals surface area (Å²) in [5.74, 6) is -1.19. The van der Waals surface area contributed by atoms with Crippen molar-refractivity contribution >= 4 is 34.6 Å². The van der Waals surface area contributed by atoms with Crippen LogP contribution in [0.2, 0.25) is 0 Å². The number of nitrogens with zero attached hydrogens (tertiary/aromatic N) is 1. The molecule has 3 heterocycles. The summed E-state index contributed by atoms with van der Waals surface area (Å²) in [6.07, 6.45) is 1.37. The molecule has 1 aromatic heterocycles. The number of likely N-dealkylation sites (tertiary alicyclic amines) is 1. The third-order valence-corrected chi connectivity index (χ3v) is 7.87. The number of para-hydroxylation sites is 1. The number of rotatable bonds is 3. The van der Waals surface area contributed by atoms with Crippen LogP contribution in [0.1, 0.15) is 54.7 Å². The fraction of sp³-hybridized carbons (Fsp3) is 0.281. The number of anilines is 1. The van der Waals surface area contributed by atoms with Crippen LogP contribution in [0, 0.1) is 5.82 Å². The number of H-pyrrole nitrogens is 1. The number of amides is 2. The first-order valence-electron chi connectivity index (χ1n) is 13.4. The highest BCUT2D eigenvalue weighted by Crippen LogP contribution is 2.55. The minimum absolute atomic E-state index is 0.233. The predicted molar refractivity (Wildman–Crippen MR) is 152 cm³/mol. The number of aromatic nitrogens is 1. The van der Waals surface area contributed by atoms with Crippen molar-refractivity contribution in [3.8, 4) is 11.1 Å². The summed E-state index contributed by atoms with van der Waals surface area (Å²) >= 11 is 0. The highest BCUT2D eigenvalue weighted by Gasteiger charge is 2.60. The summed E-state index contributed by atoms with van der Waals surface area (Å²) in [7, 11) is 1.32. The molecular weight excluding hydrogens is 525 g/mol. The van der Waals surface area contributed by atoms with Gasteiger partial charge in [-0.25, -0.2) is 14.0 Å². The van der Waals surface area contributed by atoms with Gasteiger partial charge >= 0.3 is 12.1 Å². The van der Waals surface area contributed by atoms with Gasteiger partial charge in [-0.15, -0.1) is 0 Å². The third kappa shape index (κ3) is 4.32. The second kappa shape index (κ2) is 9.47. The SMILES string of the molecule is COC(=O)c1c[nH]c2cc(-c3cc(F)cc([C@H]4N(C(=O)OC(C)(C)C)CC[C@]45C(=O)Nc4ccccc45)c3)ccc12. The van der Waals surface area contributed by atoms with Crippen molar-refractivity contribution < 1.29 is 28.2 Å². The van der Waals surface area contributed by atoms with Gasteiger partial charge in [0, 0.05) is 29.3 Å². The van der Waals surface area contributed by atoms with E-state index in [1.165, 1.54) is 19.2 Å². The molecule has 0 aliphatic carbocycles. The Morgan fingerprint density at radius 1 is 1.05 bits per heavy atom. The zero-order valence-corrected chi connectivity index (χ0v) is 23.2. The quantitative estimate of drug-likeness (QED) is 0.288. The fourth-order valence-corrected chi connectivity index (χ4v) is 6.19. The summed E-state index contributed by atoms with van der Waals surface area (Å²) in [6, 6.07) is 16.6. The van der Waals surface area contributed by atoms with Gasteiger partial charge in [-0.05, 0) is 79.8 Å². The minimum Gasteiger partial charge on any atom is -0.465 e. The van der Waals surface area contributed by atoms with Crippen molar-refractivity contribution in [2.24, 2.45) is 0 Å². The zero-order chi connectivity index (χ0) is 29.1. The van der Waals surface area contributed by atoms with Gasteiger partial charge in [0.2, 0.25) is 5.91 Å². The number of carbonyl (C=O) groups excluding carboxylic acids is 3. The first-order chi connectivity index (χ1) is 19.5. The van der Waals surface area contributed by atoms with E-state index in [0.717, 1.165) is 5.56 Å². The van der Waals surface area contributed by atoms with E-state index in [1.54, 1.807) is 44.0 Å². The molecule has 0 radical (unpaired) electrons. The molecule has 8 nitrogen and oxygen atoms in total. The molecule has 0 unspecified atom stereocenters. The van der Waals surface area contributed by atoms with E-state index in [2.05, 4.69) is 10.3 Å². The molecule has 0 saturated carbocycles. The third-order valence-electron chi connectivity index (χ3n) is 7.87. The van der Waals surface area contributed by atoms with Gasteiger partial charge < -0.3 is 19.8 Å². The van der Waals surface area contributed by atoms with Gasteiger partial charge in [-0.3, -0.25) is 9.69 Å². The number of methoxy groups -OCH3 is 1. The van der Waals surface area contributed by atoms with Crippen LogP contribution < -0.4 is 5.32 Å². The molecule has 2 aliphatic rings. The molecule has 2 amide bonds. The van der Waals surface area contributed by atoms with Crippen molar-refractivity contribution in [2.75, 3.05) is 19.0 Å². The number of aromatic amines is 1. The second-order valence-corrected chi connectivity index (χ2v) is 11.5. The number of halogens is 1. The first-order valence-corrected chi connectivity index (χ1v) is 13.4. The highest BCUT2D eigenvalue weighted by atomic mass is 19.1. The monoisotopic (exact) mass is 555 g/mol. The highest BCUT2D eigenvalue weighted by molar-refractivity contribution is 6.08. The Bertz CT molecular complexity index is 1720. The molecule has 4 aromatic rings. The fourth-order valence-electron chi connectivity index (χ4n) is 6.19. The van der Waals surface area contributed by atoms with Crippen LogP contribution in [0.4, 0.5) is 14.9 Å². The Hall–Kier alpha value is -4.66. The molecule has 6 rings (SSSR count). The summed E-state index contributed by atoms with van der Waals surface area (Å²) in [4.78, 5) is 44.0. The number of hydrogen-bond acceptors (Lipinski definition) is 5. The lowest BCUT2D eigenvalue weighted by molar-refractivity contribution is -0.121. The van der Waals surface area contributed by atoms with Gasteiger partial charge in [-0.2, -0.15) is 0 Å². The zero-order valence-electron chi connectivity index (χ0n) is 23.2. The molecule has 41 heavy (non-hydrogen) atoms. The van der Waals surface area contributed by atoms with Gasteiger partial charge in [-0.1, -0.05) is 30.3 Å². The van der Waals surface area contributed by atoms with Crippen LogP contribution in [-0.2, 0) is 19.7 Å². The predicted octanol–water partition coefficient (Wildman–Crippen LogP) is 6.33. The minimum atomic E-state index is -1.11. The van der Waals surface area contributed by atoms with Crippen molar-refractivity contribution in [1.29, 1.82) is 0 Å². The molecule has 2 N–H and O–H groups in total. The molecule has 210 valence electrons. The van der Waals surface area contributed by atoms with Crippen LogP contribution in [0.25, 0.3) is 22.0 Å². The van der Waals surface area contributed by atoms with Crippen LogP contribution in [0.15, 0.2) is 66.9 Å². The number of esters is 1. The van der Waals surface area contributed by atoms with Crippen LogP contribution in [0.3, 0.4) is 0 Å². The van der Waals surface area contributed by atoms with E-state index >= 15 is 4.39 Å². The maximum atomic E-state index is 15.4. The maximum Gasteiger partial charge on any atom is 0.410 e. The van der Waals surface area contributed by atoms with Crippen molar-refractivity contribution in [3.05, 3.63) is 89.4 Å². The van der Waals surface area contributed by atoms with Gasteiger partial charge in [0.1, 0.15) is 16.8 Å². The van der Waals surface area contributed by atoms with E-state index < -0.39 is 34.9 Å².